The molecule has 0 saturated heterocycles. The number of aromatic nitrogens is 1. The fraction of sp³-hybridized carbons (Fsp3) is 0.0588. The highest BCUT2D eigenvalue weighted by atomic mass is 16.4. The summed E-state index contributed by atoms with van der Waals surface area (Å²) in [6.45, 7) is 1.48. The maximum absolute atomic E-state index is 11.7. The molecular formula is C17H13N2O3-. The van der Waals surface area contributed by atoms with Gasteiger partial charge in [0.2, 0.25) is 5.91 Å². The lowest BCUT2D eigenvalue weighted by atomic mass is 10.1. The van der Waals surface area contributed by atoms with Crippen molar-refractivity contribution >= 4 is 34.2 Å². The van der Waals surface area contributed by atoms with Gasteiger partial charge in [-0.05, 0) is 12.1 Å². The molecule has 1 aromatic heterocycles. The van der Waals surface area contributed by atoms with Crippen LogP contribution in [-0.2, 0) is 0 Å². The fourth-order valence-electron chi connectivity index (χ4n) is 2.45. The molecule has 0 fully saturated rings. The van der Waals surface area contributed by atoms with Crippen molar-refractivity contribution in [2.75, 3.05) is 5.32 Å². The van der Waals surface area contributed by atoms with Gasteiger partial charge in [-0.15, -0.1) is 0 Å². The van der Waals surface area contributed by atoms with E-state index in [9.17, 15) is 14.7 Å². The van der Waals surface area contributed by atoms with Crippen LogP contribution >= 0.6 is 0 Å². The third kappa shape index (κ3) is 2.33. The zero-order valence-electron chi connectivity index (χ0n) is 11.9. The zero-order chi connectivity index (χ0) is 15.7. The van der Waals surface area contributed by atoms with E-state index in [1.54, 1.807) is 24.4 Å². The topological polar surface area (TPSA) is 74.2 Å². The van der Waals surface area contributed by atoms with E-state index < -0.39 is 5.97 Å². The van der Waals surface area contributed by atoms with Crippen molar-refractivity contribution in [3.8, 4) is 0 Å². The number of aromatic carboxylic acids is 1. The minimum Gasteiger partial charge on any atom is -0.545 e. The summed E-state index contributed by atoms with van der Waals surface area (Å²) >= 11 is 0. The Bertz CT molecular complexity index is 880. The molecule has 1 heterocycles. The summed E-state index contributed by atoms with van der Waals surface area (Å²) in [5, 5.41) is 15.1. The zero-order valence-corrected chi connectivity index (χ0v) is 11.9. The van der Waals surface area contributed by atoms with Gasteiger partial charge in [0.1, 0.15) is 0 Å². The van der Waals surface area contributed by atoms with Gasteiger partial charge >= 0.3 is 0 Å². The van der Waals surface area contributed by atoms with Gasteiger partial charge < -0.3 is 15.2 Å². The number of carbonyl (C=O) groups is 2. The number of hydrogen-bond donors (Lipinski definition) is 1. The Balaban J connectivity index is 2.13. The van der Waals surface area contributed by atoms with Gasteiger partial charge in [-0.3, -0.25) is 9.36 Å². The lowest BCUT2D eigenvalue weighted by molar-refractivity contribution is -0.254. The van der Waals surface area contributed by atoms with Gasteiger partial charge in [0, 0.05) is 29.8 Å². The number of para-hydroxylation sites is 2. The molecule has 110 valence electrons. The Morgan fingerprint density at radius 2 is 1.68 bits per heavy atom. The number of rotatable bonds is 3. The van der Waals surface area contributed by atoms with Crippen molar-refractivity contribution in [1.82, 2.24) is 4.57 Å². The molecule has 0 aliphatic rings. The molecule has 0 unspecified atom stereocenters. The molecule has 0 bridgehead atoms. The lowest BCUT2D eigenvalue weighted by Crippen LogP contribution is -2.23. The van der Waals surface area contributed by atoms with Crippen LogP contribution in [-0.4, -0.2) is 16.4 Å². The lowest BCUT2D eigenvalue weighted by Gasteiger charge is -2.11. The molecule has 3 rings (SSSR count). The third-order valence-corrected chi connectivity index (χ3v) is 3.47. The Morgan fingerprint density at radius 3 is 2.41 bits per heavy atom. The van der Waals surface area contributed by atoms with E-state index in [0.29, 0.717) is 11.4 Å². The van der Waals surface area contributed by atoms with E-state index in [4.69, 9.17) is 0 Å². The number of nitrogens with one attached hydrogen (secondary N) is 1. The molecule has 22 heavy (non-hydrogen) atoms. The van der Waals surface area contributed by atoms with Crippen LogP contribution in [0.3, 0.4) is 0 Å². The average Bonchev–Trinajstić information content (AvgIpc) is 2.87. The van der Waals surface area contributed by atoms with Crippen molar-refractivity contribution in [3.63, 3.8) is 0 Å². The first-order valence-corrected chi connectivity index (χ1v) is 6.76. The first-order valence-electron chi connectivity index (χ1n) is 6.76. The molecule has 2 aromatic carbocycles. The molecule has 0 atom stereocenters. The van der Waals surface area contributed by atoms with Crippen LogP contribution in [0.1, 0.15) is 22.1 Å². The number of nitrogens with zero attached hydrogens (tertiary/aromatic N) is 1. The highest BCUT2D eigenvalue weighted by molar-refractivity contribution is 6.02. The molecule has 5 nitrogen and oxygen atoms in total. The molecule has 0 amide bonds. The second-order valence-corrected chi connectivity index (χ2v) is 4.91. The van der Waals surface area contributed by atoms with Crippen molar-refractivity contribution in [1.29, 1.82) is 0 Å². The van der Waals surface area contributed by atoms with E-state index in [-0.39, 0.29) is 11.5 Å². The minimum absolute atomic E-state index is 0.0714. The van der Waals surface area contributed by atoms with Gasteiger partial charge in [0.05, 0.1) is 17.2 Å². The molecule has 0 saturated carbocycles. The van der Waals surface area contributed by atoms with Crippen LogP contribution < -0.4 is 10.4 Å². The summed E-state index contributed by atoms with van der Waals surface area (Å²) in [7, 11) is 0. The molecule has 0 spiro atoms. The van der Waals surface area contributed by atoms with Crippen LogP contribution in [0.25, 0.3) is 10.9 Å². The Kier molecular flexibility index (Phi) is 3.39. The maximum atomic E-state index is 11.7. The monoisotopic (exact) mass is 293 g/mol. The minimum atomic E-state index is -1.25. The highest BCUT2D eigenvalue weighted by Gasteiger charge is 2.12. The van der Waals surface area contributed by atoms with Gasteiger partial charge in [0.25, 0.3) is 0 Å². The third-order valence-electron chi connectivity index (χ3n) is 3.47. The number of hydrogen-bond acceptors (Lipinski definition) is 4. The average molecular weight is 293 g/mol. The summed E-state index contributed by atoms with van der Waals surface area (Å²) in [5.74, 6) is -1.36. The standard InChI is InChI=1S/C17H14N2O3/c1-11(20)19-10-15(12-6-3-5-9-16(12)19)18-14-8-4-2-7-13(14)17(21)22/h2-10,18H,1H3,(H,21,22)/p-1. The fourth-order valence-corrected chi connectivity index (χ4v) is 2.45. The van der Waals surface area contributed by atoms with Crippen molar-refractivity contribution < 1.29 is 14.7 Å². The van der Waals surface area contributed by atoms with Gasteiger partial charge in [-0.2, -0.15) is 0 Å². The summed E-state index contributed by atoms with van der Waals surface area (Å²) < 4.78 is 1.53. The highest BCUT2D eigenvalue weighted by Crippen LogP contribution is 2.29. The van der Waals surface area contributed by atoms with Crippen LogP contribution in [0.2, 0.25) is 0 Å². The van der Waals surface area contributed by atoms with Gasteiger partial charge in [-0.1, -0.05) is 36.4 Å². The molecule has 0 radical (unpaired) electrons. The first-order chi connectivity index (χ1) is 10.6. The number of anilines is 2. The van der Waals surface area contributed by atoms with E-state index >= 15 is 0 Å². The van der Waals surface area contributed by atoms with Crippen molar-refractivity contribution in [2.45, 2.75) is 6.92 Å². The quantitative estimate of drug-likeness (QED) is 0.804. The number of carbonyl (C=O) groups excluding carboxylic acids is 2. The smallest absolute Gasteiger partial charge is 0.228 e. The second kappa shape index (κ2) is 5.37. The Morgan fingerprint density at radius 1 is 1.00 bits per heavy atom. The van der Waals surface area contributed by atoms with E-state index in [0.717, 1.165) is 10.9 Å². The molecule has 5 heteroatoms. The van der Waals surface area contributed by atoms with E-state index in [1.807, 2.05) is 24.3 Å². The van der Waals surface area contributed by atoms with Gasteiger partial charge in [0.15, 0.2) is 0 Å². The summed E-state index contributed by atoms with van der Waals surface area (Å²) in [5.41, 5.74) is 1.93. The Labute approximate surface area is 126 Å². The second-order valence-electron chi connectivity index (χ2n) is 4.91. The predicted octanol–water partition coefficient (Wildman–Crippen LogP) is 2.41. The first kappa shape index (κ1) is 13.9. The number of fused-ring (bicyclic) bond motifs is 1. The van der Waals surface area contributed by atoms with Crippen molar-refractivity contribution in [2.24, 2.45) is 0 Å². The maximum Gasteiger partial charge on any atom is 0.228 e. The van der Waals surface area contributed by atoms with Crippen LogP contribution in [0.15, 0.2) is 54.7 Å². The SMILES string of the molecule is CC(=O)n1cc(Nc2ccccc2C(=O)[O-])c2ccccc21. The molecule has 1 N–H and O–H groups in total. The predicted molar refractivity (Wildman–Crippen MR) is 82.3 cm³/mol. The normalized spacial score (nSPS) is 10.6. The van der Waals surface area contributed by atoms with E-state index in [2.05, 4.69) is 5.32 Å². The van der Waals surface area contributed by atoms with Gasteiger partial charge in [-0.25, -0.2) is 0 Å². The van der Waals surface area contributed by atoms with Crippen LogP contribution in [0.4, 0.5) is 11.4 Å². The number of carboxylic acids is 1. The molecule has 0 aliphatic heterocycles. The molecule has 3 aromatic rings. The van der Waals surface area contributed by atoms with E-state index in [1.165, 1.54) is 17.6 Å². The Hall–Kier alpha value is -3.08. The van der Waals surface area contributed by atoms with Crippen LogP contribution in [0.5, 0.6) is 0 Å². The summed E-state index contributed by atoms with van der Waals surface area (Å²) in [4.78, 5) is 22.9. The van der Waals surface area contributed by atoms with Crippen molar-refractivity contribution in [3.05, 3.63) is 60.3 Å². The summed E-state index contributed by atoms with van der Waals surface area (Å²) in [6.07, 6.45) is 1.67. The number of carboxylic acid groups (broad SMARTS) is 1. The number of benzene rings is 2. The van der Waals surface area contributed by atoms with Crippen LogP contribution in [0, 0.1) is 0 Å². The summed E-state index contributed by atoms with van der Waals surface area (Å²) in [6, 6.07) is 13.9. The largest absolute Gasteiger partial charge is 0.545 e. The molecular weight excluding hydrogens is 280 g/mol. The molecule has 0 aliphatic carbocycles.